The molecule has 0 aliphatic carbocycles. The van der Waals surface area contributed by atoms with E-state index in [-0.39, 0.29) is 17.7 Å². The third kappa shape index (κ3) is 4.50. The van der Waals surface area contributed by atoms with Gasteiger partial charge in [0, 0.05) is 20.0 Å². The van der Waals surface area contributed by atoms with E-state index in [0.29, 0.717) is 19.0 Å². The van der Waals surface area contributed by atoms with Crippen LogP contribution in [0, 0.1) is 5.82 Å². The van der Waals surface area contributed by atoms with Crippen LogP contribution in [0.25, 0.3) is 0 Å². The quantitative estimate of drug-likeness (QED) is 0.608. The number of guanidine groups is 1. The van der Waals surface area contributed by atoms with Gasteiger partial charge in [-0.25, -0.2) is 4.39 Å². The lowest BCUT2D eigenvalue weighted by molar-refractivity contribution is 0.214. The van der Waals surface area contributed by atoms with Crippen LogP contribution in [-0.4, -0.2) is 40.4 Å². The number of rotatable bonds is 6. The van der Waals surface area contributed by atoms with Crippen molar-refractivity contribution in [3.63, 3.8) is 0 Å². The second-order valence-electron chi connectivity index (χ2n) is 6.31. The molecule has 1 aliphatic rings. The number of para-hydroxylation sites is 1. The first-order valence-electron chi connectivity index (χ1n) is 8.94. The molecule has 0 fully saturated rings. The first-order chi connectivity index (χ1) is 12.7. The number of aliphatic imine (C=N–C) groups is 1. The van der Waals surface area contributed by atoms with E-state index in [1.807, 2.05) is 6.92 Å². The van der Waals surface area contributed by atoms with Gasteiger partial charge in [-0.05, 0) is 31.9 Å². The Hall–Kier alpha value is -2.64. The number of aryl methyl sites for hydroxylation is 1. The Bertz CT molecular complexity index is 760. The number of aromatic nitrogens is 3. The van der Waals surface area contributed by atoms with Gasteiger partial charge < -0.3 is 19.9 Å². The molecular weight excluding hydrogens is 335 g/mol. The second kappa shape index (κ2) is 8.64. The lowest BCUT2D eigenvalue weighted by Crippen LogP contribution is -2.41. The van der Waals surface area contributed by atoms with Crippen LogP contribution in [0.3, 0.4) is 0 Å². The SMILES string of the molecule is CN=C(NCc1nnc2n1CCCC2)NCC(C)Oc1ccccc1F. The predicted molar refractivity (Wildman–Crippen MR) is 97.7 cm³/mol. The maximum atomic E-state index is 13.6. The Morgan fingerprint density at radius 3 is 2.96 bits per heavy atom. The third-order valence-electron chi connectivity index (χ3n) is 4.30. The molecule has 2 aromatic rings. The highest BCUT2D eigenvalue weighted by molar-refractivity contribution is 5.79. The van der Waals surface area contributed by atoms with E-state index in [2.05, 4.69) is 30.4 Å². The molecule has 1 unspecified atom stereocenters. The van der Waals surface area contributed by atoms with E-state index in [1.54, 1.807) is 25.2 Å². The lowest BCUT2D eigenvalue weighted by atomic mass is 10.2. The summed E-state index contributed by atoms with van der Waals surface area (Å²) in [5, 5.41) is 14.9. The fraction of sp³-hybridized carbons (Fsp3) is 0.500. The monoisotopic (exact) mass is 360 g/mol. The standard InChI is InChI=1S/C18H25FN6O/c1-13(26-15-8-4-3-7-14(15)19)11-21-18(20-2)22-12-17-24-23-16-9-5-6-10-25(16)17/h3-4,7-8,13H,5-6,9-12H2,1-2H3,(H2,20,21,22). The van der Waals surface area contributed by atoms with Gasteiger partial charge in [0.15, 0.2) is 23.4 Å². The van der Waals surface area contributed by atoms with Crippen LogP contribution in [0.1, 0.15) is 31.4 Å². The molecule has 0 saturated carbocycles. The topological polar surface area (TPSA) is 76.4 Å². The zero-order valence-electron chi connectivity index (χ0n) is 15.2. The van der Waals surface area contributed by atoms with Crippen LogP contribution in [0.4, 0.5) is 4.39 Å². The van der Waals surface area contributed by atoms with Crippen LogP contribution in [0.15, 0.2) is 29.3 Å². The molecule has 2 heterocycles. The van der Waals surface area contributed by atoms with Gasteiger partial charge in [-0.2, -0.15) is 0 Å². The van der Waals surface area contributed by atoms with Gasteiger partial charge >= 0.3 is 0 Å². The fourth-order valence-corrected chi connectivity index (χ4v) is 2.92. The van der Waals surface area contributed by atoms with Crippen molar-refractivity contribution < 1.29 is 9.13 Å². The van der Waals surface area contributed by atoms with E-state index >= 15 is 0 Å². The molecule has 1 aromatic heterocycles. The highest BCUT2D eigenvalue weighted by atomic mass is 19.1. The Labute approximate surface area is 152 Å². The zero-order chi connectivity index (χ0) is 18.4. The molecule has 0 bridgehead atoms. The summed E-state index contributed by atoms with van der Waals surface area (Å²) in [4.78, 5) is 4.20. The highest BCUT2D eigenvalue weighted by Crippen LogP contribution is 2.17. The summed E-state index contributed by atoms with van der Waals surface area (Å²) >= 11 is 0. The van der Waals surface area contributed by atoms with Crippen LogP contribution >= 0.6 is 0 Å². The molecule has 0 amide bonds. The van der Waals surface area contributed by atoms with Crippen molar-refractivity contribution in [3.05, 3.63) is 41.7 Å². The summed E-state index contributed by atoms with van der Waals surface area (Å²) in [5.74, 6) is 2.50. The van der Waals surface area contributed by atoms with Crippen molar-refractivity contribution in [1.82, 2.24) is 25.4 Å². The Morgan fingerprint density at radius 2 is 2.15 bits per heavy atom. The summed E-state index contributed by atoms with van der Waals surface area (Å²) in [6, 6.07) is 6.39. The van der Waals surface area contributed by atoms with E-state index in [4.69, 9.17) is 4.74 Å². The maximum Gasteiger partial charge on any atom is 0.191 e. The lowest BCUT2D eigenvalue weighted by Gasteiger charge is -2.18. The van der Waals surface area contributed by atoms with Crippen molar-refractivity contribution in [2.45, 2.75) is 45.4 Å². The summed E-state index contributed by atoms with van der Waals surface area (Å²) in [6.07, 6.45) is 3.11. The average molecular weight is 360 g/mol. The molecule has 8 heteroatoms. The van der Waals surface area contributed by atoms with Gasteiger partial charge in [-0.3, -0.25) is 4.99 Å². The molecule has 1 atom stereocenters. The van der Waals surface area contributed by atoms with Crippen LogP contribution in [0.5, 0.6) is 5.75 Å². The number of halogens is 1. The van der Waals surface area contributed by atoms with Gasteiger partial charge in [-0.1, -0.05) is 12.1 Å². The largest absolute Gasteiger partial charge is 0.486 e. The highest BCUT2D eigenvalue weighted by Gasteiger charge is 2.16. The van der Waals surface area contributed by atoms with Crippen molar-refractivity contribution in [1.29, 1.82) is 0 Å². The number of hydrogen-bond acceptors (Lipinski definition) is 4. The minimum absolute atomic E-state index is 0.216. The van der Waals surface area contributed by atoms with Crippen LogP contribution in [-0.2, 0) is 19.5 Å². The van der Waals surface area contributed by atoms with E-state index in [0.717, 1.165) is 31.0 Å². The third-order valence-corrected chi connectivity index (χ3v) is 4.30. The Kier molecular flexibility index (Phi) is 6.04. The molecule has 7 nitrogen and oxygen atoms in total. The summed E-state index contributed by atoms with van der Waals surface area (Å²) < 4.78 is 21.4. The van der Waals surface area contributed by atoms with Crippen molar-refractivity contribution >= 4 is 5.96 Å². The van der Waals surface area contributed by atoms with Gasteiger partial charge in [0.1, 0.15) is 11.9 Å². The molecule has 1 aromatic carbocycles. The summed E-state index contributed by atoms with van der Waals surface area (Å²) in [7, 11) is 1.71. The molecule has 2 N–H and O–H groups in total. The maximum absolute atomic E-state index is 13.6. The molecule has 1 aliphatic heterocycles. The molecule has 3 rings (SSSR count). The Balaban J connectivity index is 1.47. The number of benzene rings is 1. The molecule has 140 valence electrons. The van der Waals surface area contributed by atoms with E-state index in [1.165, 1.54) is 12.5 Å². The van der Waals surface area contributed by atoms with Crippen LogP contribution in [0.2, 0.25) is 0 Å². The number of nitrogens with one attached hydrogen (secondary N) is 2. The summed E-state index contributed by atoms with van der Waals surface area (Å²) in [6.45, 7) is 3.89. The smallest absolute Gasteiger partial charge is 0.191 e. The fourth-order valence-electron chi connectivity index (χ4n) is 2.92. The normalized spacial score (nSPS) is 15.3. The average Bonchev–Trinajstić information content (AvgIpc) is 3.07. The molecule has 0 saturated heterocycles. The Morgan fingerprint density at radius 1 is 1.31 bits per heavy atom. The van der Waals surface area contributed by atoms with Gasteiger partial charge in [0.2, 0.25) is 0 Å². The van der Waals surface area contributed by atoms with E-state index < -0.39 is 0 Å². The molecule has 0 spiro atoms. The number of nitrogens with zero attached hydrogens (tertiary/aromatic N) is 4. The first-order valence-corrected chi connectivity index (χ1v) is 8.94. The summed E-state index contributed by atoms with van der Waals surface area (Å²) in [5.41, 5.74) is 0. The molecular formula is C18H25FN6O. The minimum Gasteiger partial charge on any atom is -0.486 e. The number of fused-ring (bicyclic) bond motifs is 1. The predicted octanol–water partition coefficient (Wildman–Crippen LogP) is 1.89. The zero-order valence-corrected chi connectivity index (χ0v) is 15.2. The second-order valence-corrected chi connectivity index (χ2v) is 6.31. The number of hydrogen-bond donors (Lipinski definition) is 2. The first kappa shape index (κ1) is 18.2. The van der Waals surface area contributed by atoms with Gasteiger partial charge in [-0.15, -0.1) is 10.2 Å². The van der Waals surface area contributed by atoms with Gasteiger partial charge in [0.25, 0.3) is 0 Å². The van der Waals surface area contributed by atoms with Gasteiger partial charge in [0.05, 0.1) is 13.1 Å². The minimum atomic E-state index is -0.363. The van der Waals surface area contributed by atoms with Crippen molar-refractivity contribution in [3.8, 4) is 5.75 Å². The van der Waals surface area contributed by atoms with Crippen molar-refractivity contribution in [2.75, 3.05) is 13.6 Å². The number of ether oxygens (including phenoxy) is 1. The van der Waals surface area contributed by atoms with Crippen molar-refractivity contribution in [2.24, 2.45) is 4.99 Å². The molecule has 26 heavy (non-hydrogen) atoms. The van der Waals surface area contributed by atoms with E-state index in [9.17, 15) is 4.39 Å². The van der Waals surface area contributed by atoms with Crippen LogP contribution < -0.4 is 15.4 Å². The molecule has 0 radical (unpaired) electrons.